The monoisotopic (exact) mass is 1840 g/mol. The molecule has 24 heteroatoms. The van der Waals surface area contributed by atoms with E-state index in [0.717, 1.165) is 35.3 Å². The van der Waals surface area contributed by atoms with Crippen LogP contribution in [0.1, 0.15) is 354 Å². The van der Waals surface area contributed by atoms with Crippen LogP contribution in [-0.4, -0.2) is 87.6 Å². The van der Waals surface area contributed by atoms with Crippen LogP contribution < -0.4 is 411 Å². The van der Waals surface area contributed by atoms with Gasteiger partial charge in [0.15, 0.2) is 0 Å². The molecule has 0 aromatic carbocycles. The topological polar surface area (TPSA) is 233 Å². The van der Waals surface area contributed by atoms with Crippen LogP contribution in [-0.2, 0) is 0 Å². The Morgan fingerprint density at radius 1 is 0.237 bits per heavy atom. The molecule has 0 atom stereocenters. The van der Waals surface area contributed by atoms with Crippen molar-refractivity contribution in [3.8, 4) is 0 Å². The Kier molecular flexibility index (Phi) is 576. The molecule has 16 nitrogen and oxygen atoms in total. The molecule has 0 radical (unpaired) electrons. The van der Waals surface area contributed by atoms with Gasteiger partial charge >= 0.3 is 411 Å². The number of aromatic nitrogens is 11. The van der Waals surface area contributed by atoms with Crippen LogP contribution in [0.25, 0.3) is 34.5 Å². The summed E-state index contributed by atoms with van der Waals surface area (Å²) < 4.78 is 0. The summed E-state index contributed by atoms with van der Waals surface area (Å²) >= 11 is 0. The van der Waals surface area contributed by atoms with Gasteiger partial charge in [0, 0.05) is 0 Å². The number of nitrogens with zero attached hydrogens (tertiary/aromatic N) is 16. The summed E-state index contributed by atoms with van der Waals surface area (Å²) in [6.07, 6.45) is 31.9. The molecule has 118 heavy (non-hydrogen) atoms. The Labute approximate surface area is 1080 Å². The van der Waals surface area contributed by atoms with Gasteiger partial charge in [-0.2, -0.15) is 64.8 Å². The summed E-state index contributed by atoms with van der Waals surface area (Å²) in [5.41, 5.74) is 5.35. The minimum atomic E-state index is 0. The smallest absolute Gasteiger partial charge is 0.879 e. The molecule has 0 saturated carbocycles. The quantitative estimate of drug-likeness (QED) is 0.0847. The van der Waals surface area contributed by atoms with Crippen LogP contribution in [0.2, 0.25) is 0 Å². The zero-order chi connectivity index (χ0) is 88.6. The van der Waals surface area contributed by atoms with E-state index in [0.29, 0.717) is 28.1 Å². The molecule has 0 aliphatic heterocycles. The zero-order valence-electron chi connectivity index (χ0n) is 83.6. The molecule has 8 heterocycles. The van der Waals surface area contributed by atoms with Gasteiger partial charge < -0.3 is 109 Å². The second-order valence-corrected chi connectivity index (χ2v) is 10.2. The molecule has 0 saturated heterocycles. The van der Waals surface area contributed by atoms with Crippen molar-refractivity contribution in [2.45, 2.75) is 321 Å². The first kappa shape index (κ1) is 225. The fourth-order valence-electron chi connectivity index (χ4n) is 3.08. The number of hydrogen-bond donors (Lipinski definition) is 0. The van der Waals surface area contributed by atoms with Crippen LogP contribution in [0.5, 0.6) is 0 Å². The summed E-state index contributed by atoms with van der Waals surface area (Å²) in [6, 6.07) is 30.5. The minimum Gasteiger partial charge on any atom is -0.879 e. The number of hydrogen-bond acceptors (Lipinski definition) is 13. The van der Waals surface area contributed by atoms with Gasteiger partial charge in [-0.15, -0.1) is 42.9 Å². The first-order valence-electron chi connectivity index (χ1n) is 38.5. The van der Waals surface area contributed by atoms with Gasteiger partial charge in [-0.3, -0.25) is 45.0 Å². The van der Waals surface area contributed by atoms with Gasteiger partial charge in [0.25, 0.3) is 0 Å². The standard InChI is InChI=1S/2C7H5N.4C6H4N2.2C5H3N3.21C2H6.4CH4.8K/c1-2-7-3-5-8-6-4-7;1-2-7-4-3-5-8-6-7;1-7-6-3-2-4-8-5-6;7-5-6-1-3-8-4-2-6;1-2-6-3-4-7-8-5-6;7-4-6-2-1-3-8-5-6;1-6-5-2-3-7-8-4-5;6-3-5-1-2-7-8-4-5;21*1-2;;;;;;;;;;;;/h2*1-3,5-6H;1-2,4-5H;1,3-5H;1-2,4-5H;1,3-5H;1,3-4H;2-4H;21*1-2H3;4*1H4;;;;;;;;/q8*-2;;;;;;;;;;;;;;;;;;;;;;;;;;8*+1. The Morgan fingerprint density at radius 3 is 0.593 bits per heavy atom. The molecule has 0 spiro atoms. The average Bonchev–Trinajstić information content (AvgIpc) is 1.08. The largest absolute Gasteiger partial charge is 1.00 e. The molecule has 0 aliphatic carbocycles. The van der Waals surface area contributed by atoms with E-state index in [1.54, 1.807) is 86.1 Å². The molecular formula is C94H174K8N16-8. The number of pyridine rings is 5. The predicted octanol–water partition coefficient (Wildman–Crippen LogP) is 7.09. The Balaban J connectivity index is -0.0000000209. The Hall–Kier alpha value is 3.65. The van der Waals surface area contributed by atoms with Crippen molar-refractivity contribution in [2.75, 3.05) is 0 Å². The molecule has 0 N–H and O–H groups in total. The summed E-state index contributed by atoms with van der Waals surface area (Å²) in [7, 11) is 0. The van der Waals surface area contributed by atoms with Crippen molar-refractivity contribution < 1.29 is 411 Å². The third-order valence-electron chi connectivity index (χ3n) is 5.98. The molecule has 8 rings (SSSR count). The van der Waals surface area contributed by atoms with Gasteiger partial charge in [-0.25, -0.2) is 38.7 Å². The predicted molar refractivity (Wildman–Crippen MR) is 511 cm³/mol. The van der Waals surface area contributed by atoms with E-state index in [1.807, 2.05) is 291 Å². The normalized spacial score (nSPS) is 5.68. The van der Waals surface area contributed by atoms with Crippen molar-refractivity contribution in [2.24, 2.45) is 9.98 Å². The van der Waals surface area contributed by atoms with Crippen molar-refractivity contribution in [3.63, 3.8) is 0 Å². The second-order valence-electron chi connectivity index (χ2n) is 10.2. The second kappa shape index (κ2) is 302. The van der Waals surface area contributed by atoms with Crippen LogP contribution in [0.15, 0.2) is 139 Å². The van der Waals surface area contributed by atoms with Crippen LogP contribution >= 0.6 is 0 Å². The molecule has 8 aromatic rings. The van der Waals surface area contributed by atoms with E-state index in [1.165, 1.54) is 61.6 Å². The summed E-state index contributed by atoms with van der Waals surface area (Å²) in [4.78, 5) is 25.4. The molecular weight excluding hydrogens is 1670 g/mol. The van der Waals surface area contributed by atoms with Crippen molar-refractivity contribution in [3.05, 3.63) is 247 Å². The summed E-state index contributed by atoms with van der Waals surface area (Å²) in [6.45, 7) is 109. The maximum atomic E-state index is 8.35. The molecule has 0 unspecified atom stereocenters. The maximum Gasteiger partial charge on any atom is 1.00 e. The van der Waals surface area contributed by atoms with Gasteiger partial charge in [0.2, 0.25) is 0 Å². The fraction of sp³-hybridized carbons (Fsp3) is 0.489. The Bertz CT molecular complexity index is 1930. The first-order valence-corrected chi connectivity index (χ1v) is 38.5. The molecule has 0 aliphatic rings. The number of aliphatic imine (C=N–C) groups is 2. The van der Waals surface area contributed by atoms with Gasteiger partial charge in [0.05, 0.1) is 0 Å². The molecule has 646 valence electrons. The SMILES string of the molecule is C.C.C.C.CC.CC.CC.CC.CC.CC.CC.CC.CC.CC.CC.CC.CC.CC.CC.CC.CC.CC.CC.CC.CC.[CH-]=Cc1[c-]ccnc1.[CH-]=Cc1[c-]cncc1.[CH-]=Cc1[c-]cnnc1.[CH-]=Nc1[c-]ccnc1.[CH-]=Nc1[c-]cnnc1.[K+].[K+].[K+].[K+].[K+].[K+].[K+].[K+].[N-]=Cc1[c-]ccnc1.[N-]=Cc1[c-]cncc1.[N-]=Cc1[c-]cnnc1. The van der Waals surface area contributed by atoms with Crippen LogP contribution in [0.4, 0.5) is 11.4 Å². The van der Waals surface area contributed by atoms with E-state index in [-0.39, 0.29) is 441 Å². The fourth-order valence-corrected chi connectivity index (χ4v) is 3.08. The van der Waals surface area contributed by atoms with Gasteiger partial charge in [-0.05, 0) is 31.0 Å². The van der Waals surface area contributed by atoms with Crippen molar-refractivity contribution in [1.82, 2.24) is 55.5 Å². The molecule has 0 amide bonds. The zero-order valence-corrected chi connectivity index (χ0v) is 109. The van der Waals surface area contributed by atoms with Crippen molar-refractivity contribution in [1.29, 1.82) is 0 Å². The van der Waals surface area contributed by atoms with E-state index in [2.05, 4.69) is 114 Å². The molecule has 0 fully saturated rings. The van der Waals surface area contributed by atoms with E-state index >= 15 is 0 Å². The average molecular weight is 1840 g/mol. The Morgan fingerprint density at radius 2 is 0.458 bits per heavy atom. The van der Waals surface area contributed by atoms with Gasteiger partial charge in [-0.1, -0.05) is 364 Å². The summed E-state index contributed by atoms with van der Waals surface area (Å²) in [5.74, 6) is 0. The molecule has 8 aromatic heterocycles. The third-order valence-corrected chi connectivity index (χ3v) is 5.98. The van der Waals surface area contributed by atoms with E-state index in [4.69, 9.17) is 49.4 Å². The maximum absolute atomic E-state index is 8.35. The van der Waals surface area contributed by atoms with E-state index < -0.39 is 0 Å². The van der Waals surface area contributed by atoms with Crippen LogP contribution in [0.3, 0.4) is 0 Å². The minimum absolute atomic E-state index is 0. The molecule has 0 bridgehead atoms. The van der Waals surface area contributed by atoms with E-state index in [9.17, 15) is 0 Å². The van der Waals surface area contributed by atoms with Crippen LogP contribution in [0, 0.1) is 68.3 Å². The van der Waals surface area contributed by atoms with Gasteiger partial charge in [0.1, 0.15) is 0 Å². The number of rotatable bonds is 8. The first-order chi connectivity index (χ1) is 52.5. The van der Waals surface area contributed by atoms with Crippen molar-refractivity contribution >= 4 is 61.7 Å². The third kappa shape index (κ3) is 241. The summed E-state index contributed by atoms with van der Waals surface area (Å²) in [5, 5.41) is 46.0.